The van der Waals surface area contributed by atoms with E-state index < -0.39 is 16.2 Å². The van der Waals surface area contributed by atoms with Crippen molar-refractivity contribution in [1.82, 2.24) is 0 Å². The molecule has 0 radical (unpaired) electrons. The van der Waals surface area contributed by atoms with E-state index in [2.05, 4.69) is 20.5 Å². The molecule has 0 saturated carbocycles. The Hall–Kier alpha value is -3.28. The van der Waals surface area contributed by atoms with Crippen molar-refractivity contribution in [1.29, 1.82) is 5.39 Å². The molecule has 0 amide bonds. The van der Waals surface area contributed by atoms with Crippen LogP contribution in [0.15, 0.2) is 43.2 Å². The van der Waals surface area contributed by atoms with E-state index in [0.717, 1.165) is 0 Å². The van der Waals surface area contributed by atoms with Crippen molar-refractivity contribution in [3.63, 3.8) is 0 Å². The molecule has 0 heterocycles. The molecule has 2 aromatic rings. The Labute approximate surface area is 103 Å². The second kappa shape index (κ2) is 4.53. The number of hydrogen-bond acceptors (Lipinski definition) is 6. The molecule has 0 atom stereocenters. The lowest BCUT2D eigenvalue weighted by atomic mass is 10.1. The minimum absolute atomic E-state index is 0.107. The Bertz CT molecular complexity index is 947. The smallest absolute Gasteiger partial charge is 0.339 e. The molecule has 92 valence electrons. The van der Waals surface area contributed by atoms with Gasteiger partial charge in [-0.15, -0.1) is 0 Å². The molecule has 0 saturated heterocycles. The molecule has 9 nitrogen and oxygen atoms in total. The van der Waals surface area contributed by atoms with Crippen LogP contribution in [-0.2, 0) is 0 Å². The van der Waals surface area contributed by atoms with Crippen molar-refractivity contribution >= 4 is 10.8 Å². The first-order valence-electron chi connectivity index (χ1n) is 4.87. The lowest BCUT2D eigenvalue weighted by Crippen LogP contribution is -2.47. The summed E-state index contributed by atoms with van der Waals surface area (Å²) < 4.78 is 0. The minimum Gasteiger partial charge on any atom is -0.507 e. The van der Waals surface area contributed by atoms with Gasteiger partial charge in [-0.05, 0) is 12.1 Å². The molecule has 19 heavy (non-hydrogen) atoms. The second-order valence-corrected chi connectivity index (χ2v) is 3.43. The third-order valence-corrected chi connectivity index (χ3v) is 2.46. The lowest BCUT2D eigenvalue weighted by Gasteiger charge is -1.99. The number of aromatic hydroxyl groups is 1. The molecule has 0 aromatic heterocycles. The monoisotopic (exact) mass is 256 g/mol. The van der Waals surface area contributed by atoms with Crippen LogP contribution in [0.2, 0.25) is 0 Å². The van der Waals surface area contributed by atoms with Gasteiger partial charge in [-0.25, -0.2) is 0 Å². The number of nitrogens with zero attached hydrogens (tertiary/aromatic N) is 6. The first-order valence-corrected chi connectivity index (χ1v) is 4.87. The number of phenolic OH excluding ortho intramolecular Hbond substituents is 1. The molecule has 0 aliphatic rings. The second-order valence-electron chi connectivity index (χ2n) is 3.43. The van der Waals surface area contributed by atoms with Crippen LogP contribution in [0.25, 0.3) is 21.4 Å². The molecule has 2 aromatic carbocycles. The maximum atomic E-state index is 11.8. The number of diazo groups is 1. The molecule has 2 rings (SSSR count). The van der Waals surface area contributed by atoms with Crippen LogP contribution in [0.5, 0.6) is 5.75 Å². The van der Waals surface area contributed by atoms with Crippen LogP contribution < -0.4 is 21.6 Å². The largest absolute Gasteiger partial charge is 0.507 e. The van der Waals surface area contributed by atoms with Crippen molar-refractivity contribution in [3.05, 3.63) is 60.0 Å². The number of fused-ring (bicyclic) bond motifs is 1. The number of rotatable bonds is 1. The summed E-state index contributed by atoms with van der Waals surface area (Å²) in [4.78, 5) is 23.5. The third-order valence-electron chi connectivity index (χ3n) is 2.46. The molecular formula is C10H4N6O3. The van der Waals surface area contributed by atoms with Crippen LogP contribution in [0.1, 0.15) is 0 Å². The van der Waals surface area contributed by atoms with Crippen molar-refractivity contribution < 1.29 is 5.11 Å². The molecule has 0 spiro atoms. The Kier molecular flexibility index (Phi) is 2.91. The zero-order chi connectivity index (χ0) is 14.0. The van der Waals surface area contributed by atoms with Crippen molar-refractivity contribution in [3.8, 4) is 5.75 Å². The van der Waals surface area contributed by atoms with E-state index in [1.165, 1.54) is 18.2 Å². The fraction of sp³-hybridized carbons (Fsp3) is 0. The van der Waals surface area contributed by atoms with Crippen LogP contribution in [0.3, 0.4) is 0 Å². The Morgan fingerprint density at radius 3 is 2.58 bits per heavy atom. The van der Waals surface area contributed by atoms with Crippen molar-refractivity contribution in [2.45, 2.75) is 0 Å². The van der Waals surface area contributed by atoms with Crippen LogP contribution >= 0.6 is 0 Å². The molecule has 0 fully saturated rings. The summed E-state index contributed by atoms with van der Waals surface area (Å²) in [6.45, 7) is 0. The van der Waals surface area contributed by atoms with Gasteiger partial charge in [-0.1, -0.05) is 6.07 Å². The van der Waals surface area contributed by atoms with Gasteiger partial charge in [-0.3, -0.25) is 14.8 Å². The van der Waals surface area contributed by atoms with E-state index in [1.54, 1.807) is 0 Å². The summed E-state index contributed by atoms with van der Waals surface area (Å²) in [5.41, 5.74) is 6.36. The Balaban J connectivity index is 3.40. The van der Waals surface area contributed by atoms with Gasteiger partial charge in [0.25, 0.3) is 5.39 Å². The van der Waals surface area contributed by atoms with E-state index in [0.29, 0.717) is 0 Å². The lowest BCUT2D eigenvalue weighted by molar-refractivity contribution is 0.481. The zero-order valence-corrected chi connectivity index (χ0v) is 9.18. The van der Waals surface area contributed by atoms with Crippen molar-refractivity contribution in [2.24, 2.45) is 15.4 Å². The Morgan fingerprint density at radius 1 is 1.21 bits per heavy atom. The fourth-order valence-corrected chi connectivity index (χ4v) is 1.71. The molecule has 0 bridgehead atoms. The number of hydrogen-bond donors (Lipinski definition) is 1. The van der Waals surface area contributed by atoms with Crippen LogP contribution in [-0.4, -0.2) is 5.11 Å². The van der Waals surface area contributed by atoms with E-state index in [9.17, 15) is 14.7 Å². The summed E-state index contributed by atoms with van der Waals surface area (Å²) in [6.07, 6.45) is 0. The van der Waals surface area contributed by atoms with Gasteiger partial charge in [0, 0.05) is 5.39 Å². The highest BCUT2D eigenvalue weighted by Gasteiger charge is 2.13. The van der Waals surface area contributed by atoms with Gasteiger partial charge in [0.1, 0.15) is 5.75 Å². The third kappa shape index (κ3) is 1.77. The standard InChI is InChI=1S/C10H4N6O3/c11-15-13-7-6-4(2-1-3-5(6)17)9(18)10(19)8(7)14-16-12/h1-3,17H. The van der Waals surface area contributed by atoms with Gasteiger partial charge in [0.05, 0.1) is 10.7 Å². The van der Waals surface area contributed by atoms with Gasteiger partial charge >= 0.3 is 5.08 Å². The highest BCUT2D eigenvalue weighted by Crippen LogP contribution is 2.16. The molecule has 0 aliphatic carbocycles. The maximum absolute atomic E-state index is 11.8. The highest BCUT2D eigenvalue weighted by atomic mass is 16.3. The molecule has 9 heteroatoms. The van der Waals surface area contributed by atoms with Crippen LogP contribution in [0, 0.1) is 5.39 Å². The van der Waals surface area contributed by atoms with Crippen LogP contribution in [0.4, 0.5) is 0 Å². The van der Waals surface area contributed by atoms with Gasteiger partial charge in [0.2, 0.25) is 10.9 Å². The van der Waals surface area contributed by atoms with E-state index in [4.69, 9.17) is 10.9 Å². The number of benzene rings is 2. The average Bonchev–Trinajstić information content (AvgIpc) is 2.40. The summed E-state index contributed by atoms with van der Waals surface area (Å²) in [6, 6.07) is 3.92. The van der Waals surface area contributed by atoms with Gasteiger partial charge in [0.15, 0.2) is 10.5 Å². The predicted octanol–water partition coefficient (Wildman–Crippen LogP) is -0.353. The van der Waals surface area contributed by atoms with Gasteiger partial charge in [-0.2, -0.15) is 0 Å². The summed E-state index contributed by atoms with van der Waals surface area (Å²) in [7, 11) is 0. The Morgan fingerprint density at radius 2 is 1.95 bits per heavy atom. The predicted molar refractivity (Wildman–Crippen MR) is 62.5 cm³/mol. The normalized spacial score (nSPS) is 12.6. The molecular weight excluding hydrogens is 252 g/mol. The minimum atomic E-state index is -1.08. The molecule has 0 aliphatic heterocycles. The van der Waals surface area contributed by atoms with E-state index in [1.807, 2.05) is 0 Å². The first kappa shape index (κ1) is 12.2. The van der Waals surface area contributed by atoms with Gasteiger partial charge < -0.3 is 15.7 Å². The summed E-state index contributed by atoms with van der Waals surface area (Å²) >= 11 is 0. The number of phenols is 1. The van der Waals surface area contributed by atoms with Crippen molar-refractivity contribution in [2.75, 3.05) is 0 Å². The highest BCUT2D eigenvalue weighted by molar-refractivity contribution is 5.87. The van der Waals surface area contributed by atoms with E-state index >= 15 is 0 Å². The quantitative estimate of drug-likeness (QED) is 0.322. The summed E-state index contributed by atoms with van der Waals surface area (Å²) in [5, 5.41) is 28.2. The zero-order valence-electron chi connectivity index (χ0n) is 9.18. The average molecular weight is 256 g/mol. The van der Waals surface area contributed by atoms with E-state index in [-0.39, 0.29) is 21.9 Å². The topological polar surface area (TPSA) is 142 Å². The first-order chi connectivity index (χ1) is 9.11. The SMILES string of the molecule is N#[N+]N=c1c(=NN=[N-])c(=O)c(=O)c2cccc(O)c12. The summed E-state index contributed by atoms with van der Waals surface area (Å²) in [5.74, 6) is -0.355. The fourth-order valence-electron chi connectivity index (χ4n) is 1.71. The maximum Gasteiger partial charge on any atom is 0.339 e. The molecule has 0 unspecified atom stereocenters. The molecule has 1 N–H and O–H groups in total.